The number of aliphatic hydroxyl groups is 1. The summed E-state index contributed by atoms with van der Waals surface area (Å²) in [7, 11) is 11.5. The average molecular weight is 2080 g/mol. The predicted molar refractivity (Wildman–Crippen MR) is 571 cm³/mol. The third-order valence-corrected chi connectivity index (χ3v) is 29.6. The molecule has 35 nitrogen and oxygen atoms in total. The molecule has 0 spiro atoms. The molecule has 3 aromatic carbocycles. The van der Waals surface area contributed by atoms with Crippen molar-refractivity contribution in [1.82, 2.24) is 31.1 Å². The van der Waals surface area contributed by atoms with E-state index < -0.39 is 205 Å². The van der Waals surface area contributed by atoms with Gasteiger partial charge in [-0.1, -0.05) is 166 Å². The number of carbonyl (C=O) groups is 17. The van der Waals surface area contributed by atoms with Gasteiger partial charge in [0, 0.05) is 128 Å². The molecule has 14 atom stereocenters. The average Bonchev–Trinajstić information content (AvgIpc) is 1.58. The van der Waals surface area contributed by atoms with Crippen molar-refractivity contribution >= 4 is 118 Å². The Hall–Kier alpha value is -11.2. The minimum Gasteiger partial charge on any atom is -0.481 e. The number of nitrogens with one attached hydrogen (secondary N) is 4. The molecule has 0 bridgehead atoms. The minimum absolute atomic E-state index is 0.0195. The zero-order valence-electron chi connectivity index (χ0n) is 94.4. The second kappa shape index (κ2) is 57.7. The monoisotopic (exact) mass is 2080 g/mol. The number of carboxylic acid groups (broad SMARTS) is 3. The van der Waals surface area contributed by atoms with Crippen LogP contribution in [0.15, 0.2) is 72.8 Å². The molecule has 4 saturated heterocycles. The van der Waals surface area contributed by atoms with Crippen LogP contribution in [0.2, 0.25) is 0 Å². The van der Waals surface area contributed by atoms with E-state index in [0.29, 0.717) is 36.4 Å². The summed E-state index contributed by atoms with van der Waals surface area (Å²) in [4.78, 5) is 244. The molecule has 0 radical (unpaired) electrons. The van der Waals surface area contributed by atoms with Gasteiger partial charge in [-0.15, -0.1) is 0 Å². The first-order valence-electron chi connectivity index (χ1n) is 52.4. The summed E-state index contributed by atoms with van der Waals surface area (Å²) in [6.45, 7) is 48.8. The first-order valence-corrected chi connectivity index (χ1v) is 52.4. The van der Waals surface area contributed by atoms with E-state index in [1.807, 2.05) is 149 Å². The standard InChI is InChI=1S/C84H128N8O19.C13H20N2O.C10H15O3.C4H11N.C2H6O/c1-24-79(8,9)60(67(95)87-37-26-36-85-65(93)50-28-32-52(33-29-50)89(20)21)56(73(101)102)42-83(16,17)62-54(69(97)91(71(62)99)39-27-38-86-66(94)51-30-34-53(35-31-51)90(22)23)41-82(14,15)63-55(70(98)92(72(63)100)46-48(5)6)40-81(12,13)61(68(96)88-45-47(3)4)57(74(103)104)43-84(18,19)64(77(108)110-25-2)58(75(105)106)44-80(10,11)59-49(7)76(107)111-78(59)109;1-15(2)12-8-6-11(7-9-12)13(16)5-3-4-10-14;1-5-10(3,4)7-6(2)8(11)13-9(7)12;1-4(2)3-5;1-2-3/h28-35,47-49,54-64H,24-27,36-46H2,1-23H3,(H,85,93)(H,86,94)(H,87,95)(H,88,96)(H,101,102)(H,103,104)(H,105,106);6-9H,3-5,10,14H2,1-2H3;6-7H,2,5H2,1,3-4H3;4H,3,5H2,1-2H3;3H,2H2,1H3/q;;+1;;. The van der Waals surface area contributed by atoms with Gasteiger partial charge >= 0.3 is 47.8 Å². The maximum Gasteiger partial charge on any atom is 0.362 e. The van der Waals surface area contributed by atoms with Gasteiger partial charge in [0.05, 0.1) is 84.5 Å². The van der Waals surface area contributed by atoms with Crippen LogP contribution in [-0.2, 0) is 81.3 Å². The van der Waals surface area contributed by atoms with E-state index >= 15 is 24.0 Å². The third-order valence-electron chi connectivity index (χ3n) is 29.6. The molecular weight excluding hydrogens is 1900 g/mol. The Morgan fingerprint density at radius 3 is 1.23 bits per heavy atom. The van der Waals surface area contributed by atoms with E-state index in [9.17, 15) is 72.9 Å². The maximum atomic E-state index is 15.7. The second-order valence-corrected chi connectivity index (χ2v) is 46.8. The van der Waals surface area contributed by atoms with Crippen LogP contribution in [0, 0.1) is 145 Å². The number of hydrogen-bond acceptors (Lipinski definition) is 26. The number of hydrogen-bond donors (Lipinski definition) is 10. The van der Waals surface area contributed by atoms with Crippen LogP contribution in [-0.4, -0.2) is 239 Å². The Balaban J connectivity index is 0.00000126. The Bertz CT molecular complexity index is 4960. The number of cyclic esters (lactones) is 4. The Morgan fingerprint density at radius 2 is 0.831 bits per heavy atom. The normalized spacial score (nSPS) is 19.4. The largest absolute Gasteiger partial charge is 0.481 e. The first kappa shape index (κ1) is 131. The Morgan fingerprint density at radius 1 is 0.439 bits per heavy atom. The number of carboxylic acids is 3. The lowest BCUT2D eigenvalue weighted by molar-refractivity contribution is -0.168. The summed E-state index contributed by atoms with van der Waals surface area (Å²) >= 11 is 0. The van der Waals surface area contributed by atoms with Crippen molar-refractivity contribution in [3.8, 4) is 0 Å². The molecule has 830 valence electrons. The summed E-state index contributed by atoms with van der Waals surface area (Å²) in [5.41, 5.74) is 6.40. The number of benzene rings is 3. The molecule has 4 aliphatic rings. The fourth-order valence-electron chi connectivity index (χ4n) is 20.9. The van der Waals surface area contributed by atoms with Gasteiger partial charge in [0.2, 0.25) is 41.4 Å². The van der Waals surface area contributed by atoms with Crippen LogP contribution < -0.4 is 47.4 Å². The van der Waals surface area contributed by atoms with E-state index in [1.165, 1.54) is 27.7 Å². The Kier molecular flexibility index (Phi) is 51.1. The van der Waals surface area contributed by atoms with E-state index in [4.69, 9.17) is 26.0 Å². The Labute approximate surface area is 879 Å². The number of unbranched alkanes of at least 4 members (excludes halogenated alkanes) is 1. The van der Waals surface area contributed by atoms with Crippen molar-refractivity contribution in [3.05, 3.63) is 96.4 Å². The lowest BCUT2D eigenvalue weighted by Crippen LogP contribution is -2.51. The molecule has 3 aromatic rings. The molecular formula is C113H180N11O24+. The lowest BCUT2D eigenvalue weighted by atomic mass is 9.57. The number of nitrogens with two attached hydrogens (primary N) is 2. The van der Waals surface area contributed by atoms with Crippen molar-refractivity contribution in [2.45, 2.75) is 250 Å². The number of anilines is 3. The number of ketones is 1. The quantitative estimate of drug-likeness (QED) is 0.00477. The highest BCUT2D eigenvalue weighted by Gasteiger charge is 2.64. The summed E-state index contributed by atoms with van der Waals surface area (Å²) < 4.78 is 15.1. The highest BCUT2D eigenvalue weighted by atomic mass is 16.6. The number of esters is 5. The molecule has 12 N–H and O–H groups in total. The number of ether oxygens (including phenoxy) is 3. The SMILES string of the molecule is CC(C)CN.CCO.CCOC(=O)C(C(CC(C)(C)C1C(=O)OC(=O)C1C)C(=O)O)C(C)(C)CC(C(=O)O)C(C(=O)NCC(C)C)C(C)(C)CC1C(=O)N(CC(C)C)C(=O)C1C(C)(C)CC1C(=O)N(CCCNC(=O)c2ccc(N(C)C)cc2)C(=O)C1C(C)(C)CC(C(=O)O)C(C(=O)NCCCNC(=O)c1ccc(N(C)C)cc1)C(C)(C)CC.CN(C)c1ccc(C(=O)CCCCN)cc1.[CH2+]C1C(=O)OC(=O)C1C(C)(C)CC. The number of carbonyl (C=O) groups excluding carboxylic acids is 14. The van der Waals surface area contributed by atoms with Crippen LogP contribution in [0.4, 0.5) is 17.1 Å². The van der Waals surface area contributed by atoms with Crippen LogP contribution >= 0.6 is 0 Å². The van der Waals surface area contributed by atoms with Gasteiger partial charge < -0.3 is 82.1 Å². The number of aliphatic carboxylic acids is 3. The van der Waals surface area contributed by atoms with Crippen LogP contribution in [0.5, 0.6) is 0 Å². The smallest absolute Gasteiger partial charge is 0.362 e. The van der Waals surface area contributed by atoms with Gasteiger partial charge in [0.15, 0.2) is 5.78 Å². The van der Waals surface area contributed by atoms with E-state index in [-0.39, 0.29) is 126 Å². The zero-order chi connectivity index (χ0) is 113. The number of nitrogens with zero attached hydrogens (tertiary/aromatic N) is 5. The summed E-state index contributed by atoms with van der Waals surface area (Å²) in [5, 5.41) is 53.4. The highest BCUT2D eigenvalue weighted by molar-refractivity contribution is 6.07. The fraction of sp³-hybridized carbons (Fsp3) is 0.681. The van der Waals surface area contributed by atoms with Crippen molar-refractivity contribution in [1.29, 1.82) is 0 Å². The highest BCUT2D eigenvalue weighted by Crippen LogP contribution is 2.57. The lowest BCUT2D eigenvalue weighted by Gasteiger charge is -2.45. The predicted octanol–water partition coefficient (Wildman–Crippen LogP) is 14.1. The summed E-state index contributed by atoms with van der Waals surface area (Å²) in [6.07, 6.45) is 2.07. The van der Waals surface area contributed by atoms with E-state index in [1.54, 1.807) is 113 Å². The van der Waals surface area contributed by atoms with Gasteiger partial charge in [-0.25, -0.2) is 4.79 Å². The first-order chi connectivity index (χ1) is 68.5. The van der Waals surface area contributed by atoms with Crippen LogP contribution in [0.1, 0.15) is 281 Å². The molecule has 7 rings (SSSR count). The molecule has 4 heterocycles. The van der Waals surface area contributed by atoms with Gasteiger partial charge in [-0.05, 0) is 220 Å². The van der Waals surface area contributed by atoms with Crippen molar-refractivity contribution in [2.75, 3.05) is 123 Å². The zero-order valence-corrected chi connectivity index (χ0v) is 94.4. The number of rotatable bonds is 52. The molecule has 4 aliphatic heterocycles. The fourth-order valence-corrected chi connectivity index (χ4v) is 20.9. The van der Waals surface area contributed by atoms with E-state index in [0.717, 1.165) is 58.2 Å². The number of likely N-dealkylation sites (tertiary alicyclic amines) is 2. The van der Waals surface area contributed by atoms with Crippen LogP contribution in [0.3, 0.4) is 0 Å². The second-order valence-electron chi connectivity index (χ2n) is 46.8. The van der Waals surface area contributed by atoms with E-state index in [2.05, 4.69) is 46.8 Å². The molecule has 148 heavy (non-hydrogen) atoms. The van der Waals surface area contributed by atoms with Crippen molar-refractivity contribution in [2.24, 2.45) is 150 Å². The van der Waals surface area contributed by atoms with Gasteiger partial charge in [-0.3, -0.25) is 86.5 Å². The van der Waals surface area contributed by atoms with Gasteiger partial charge in [0.25, 0.3) is 11.8 Å². The van der Waals surface area contributed by atoms with Gasteiger partial charge in [-0.2, -0.15) is 0 Å². The third kappa shape index (κ3) is 36.3. The number of amides is 8. The van der Waals surface area contributed by atoms with Gasteiger partial charge in [0.1, 0.15) is 5.92 Å². The summed E-state index contributed by atoms with van der Waals surface area (Å²) in [5.74, 6) is -29.8. The van der Waals surface area contributed by atoms with Crippen molar-refractivity contribution in [3.63, 3.8) is 0 Å². The number of imide groups is 2. The topological polar surface area (TPSA) is 515 Å². The molecule has 35 heteroatoms. The summed E-state index contributed by atoms with van der Waals surface area (Å²) in [6, 6.07) is 21.7. The molecule has 8 amide bonds. The molecule has 0 aliphatic carbocycles. The van der Waals surface area contributed by atoms with Crippen LogP contribution in [0.25, 0.3) is 0 Å². The molecule has 0 aromatic heterocycles. The number of Topliss-reactive ketones (excluding diaryl/α,β-unsaturated/α-hetero) is 1. The number of aliphatic hydroxyl groups excluding tert-OH is 1. The minimum atomic E-state index is -1.76. The van der Waals surface area contributed by atoms with Crippen molar-refractivity contribution < 1.29 is 116 Å². The maximum absolute atomic E-state index is 15.7. The molecule has 0 saturated carbocycles. The molecule has 14 unspecified atom stereocenters. The molecule has 4 fully saturated rings.